The average Bonchev–Trinajstić information content (AvgIpc) is 2.72. The lowest BCUT2D eigenvalue weighted by Crippen LogP contribution is -2.14. The Morgan fingerprint density at radius 2 is 2.06 bits per heavy atom. The van der Waals surface area contributed by atoms with E-state index in [-0.39, 0.29) is 12.4 Å². The van der Waals surface area contributed by atoms with Crippen LogP contribution >= 0.6 is 22.6 Å². The van der Waals surface area contributed by atoms with E-state index in [0.29, 0.717) is 11.3 Å². The largest absolute Gasteiger partial charge is 0.469 e. The topological polar surface area (TPSA) is 57.5 Å². The number of hydrogen-bond donors (Lipinski definition) is 0. The number of carbonyl (C=O) groups excluding carboxylic acids is 2. The summed E-state index contributed by atoms with van der Waals surface area (Å²) < 4.78 is 12.1. The standard InChI is InChI=1S/C11H14INO4/c1-16-10(14)7-9-8(11(15)17-2)3-5-13(9)6-4-12/h3,5H,4,6-7H2,1-2H3. The van der Waals surface area contributed by atoms with Gasteiger partial charge in [0.2, 0.25) is 0 Å². The molecule has 0 unspecified atom stereocenters. The van der Waals surface area contributed by atoms with Gasteiger partial charge in [-0.2, -0.15) is 0 Å². The molecule has 0 bridgehead atoms. The van der Waals surface area contributed by atoms with Gasteiger partial charge in [-0.25, -0.2) is 4.79 Å². The number of carbonyl (C=O) groups is 2. The Morgan fingerprint density at radius 1 is 1.35 bits per heavy atom. The second kappa shape index (κ2) is 6.63. The summed E-state index contributed by atoms with van der Waals surface area (Å²) >= 11 is 2.23. The third-order valence-corrected chi connectivity index (χ3v) is 2.83. The normalized spacial score (nSPS) is 10.1. The summed E-state index contributed by atoms with van der Waals surface area (Å²) in [7, 11) is 2.64. The molecule has 1 rings (SSSR count). The molecule has 0 saturated heterocycles. The molecule has 0 aromatic carbocycles. The number of alkyl halides is 1. The summed E-state index contributed by atoms with van der Waals surface area (Å²) in [6, 6.07) is 1.66. The minimum atomic E-state index is -0.434. The van der Waals surface area contributed by atoms with Crippen LogP contribution in [0.1, 0.15) is 16.1 Å². The third kappa shape index (κ3) is 3.45. The first kappa shape index (κ1) is 14.0. The van der Waals surface area contributed by atoms with Crippen molar-refractivity contribution in [2.75, 3.05) is 18.6 Å². The van der Waals surface area contributed by atoms with Crippen LogP contribution in [0.2, 0.25) is 0 Å². The number of halogens is 1. The average molecular weight is 351 g/mol. The molecule has 6 heteroatoms. The Bertz CT molecular complexity index is 414. The van der Waals surface area contributed by atoms with Crippen LogP contribution in [0, 0.1) is 0 Å². The fraction of sp³-hybridized carbons (Fsp3) is 0.455. The van der Waals surface area contributed by atoms with Gasteiger partial charge in [0.25, 0.3) is 0 Å². The first-order valence-corrected chi connectivity index (χ1v) is 6.55. The van der Waals surface area contributed by atoms with Crippen molar-refractivity contribution in [1.29, 1.82) is 0 Å². The summed E-state index contributed by atoms with van der Waals surface area (Å²) in [6.45, 7) is 0.740. The highest BCUT2D eigenvalue weighted by Crippen LogP contribution is 2.14. The third-order valence-electron chi connectivity index (χ3n) is 2.35. The predicted octanol–water partition coefficient (Wildman–Crippen LogP) is 1.43. The maximum Gasteiger partial charge on any atom is 0.339 e. The Labute approximate surface area is 113 Å². The minimum Gasteiger partial charge on any atom is -0.469 e. The van der Waals surface area contributed by atoms with Gasteiger partial charge < -0.3 is 14.0 Å². The van der Waals surface area contributed by atoms with E-state index >= 15 is 0 Å². The number of methoxy groups -OCH3 is 2. The highest BCUT2D eigenvalue weighted by atomic mass is 127. The van der Waals surface area contributed by atoms with E-state index in [9.17, 15) is 9.59 Å². The molecule has 1 heterocycles. The van der Waals surface area contributed by atoms with E-state index < -0.39 is 5.97 Å². The van der Waals surface area contributed by atoms with E-state index in [1.54, 1.807) is 12.3 Å². The molecule has 0 spiro atoms. The fourth-order valence-electron chi connectivity index (χ4n) is 1.51. The molecule has 0 aliphatic rings. The molecule has 1 aromatic rings. The minimum absolute atomic E-state index is 0.0740. The SMILES string of the molecule is COC(=O)Cc1c(C(=O)OC)ccn1CCI. The van der Waals surface area contributed by atoms with E-state index in [1.807, 2.05) is 4.57 Å². The molecule has 0 N–H and O–H groups in total. The van der Waals surface area contributed by atoms with Gasteiger partial charge in [-0.15, -0.1) is 0 Å². The zero-order chi connectivity index (χ0) is 12.8. The molecule has 0 fully saturated rings. The molecule has 0 aliphatic heterocycles. The van der Waals surface area contributed by atoms with Crippen molar-refractivity contribution < 1.29 is 19.1 Å². The zero-order valence-corrected chi connectivity index (χ0v) is 11.9. The van der Waals surface area contributed by atoms with Crippen LogP contribution in [0.25, 0.3) is 0 Å². The van der Waals surface area contributed by atoms with Crippen LogP contribution in [-0.4, -0.2) is 35.2 Å². The van der Waals surface area contributed by atoms with Crippen molar-refractivity contribution in [2.24, 2.45) is 0 Å². The van der Waals surface area contributed by atoms with Crippen LogP contribution in [-0.2, 0) is 27.2 Å². The van der Waals surface area contributed by atoms with E-state index in [1.165, 1.54) is 14.2 Å². The number of nitrogens with zero attached hydrogens (tertiary/aromatic N) is 1. The quantitative estimate of drug-likeness (QED) is 0.458. The van der Waals surface area contributed by atoms with E-state index in [0.717, 1.165) is 11.0 Å². The molecule has 5 nitrogen and oxygen atoms in total. The summed E-state index contributed by atoms with van der Waals surface area (Å²) in [5.74, 6) is -0.806. The Kier molecular flexibility index (Phi) is 5.46. The van der Waals surface area contributed by atoms with Gasteiger partial charge in [-0.05, 0) is 6.07 Å². The molecule has 0 atom stereocenters. The smallest absolute Gasteiger partial charge is 0.339 e. The predicted molar refractivity (Wildman–Crippen MR) is 70.4 cm³/mol. The van der Waals surface area contributed by atoms with Crippen molar-refractivity contribution in [3.63, 3.8) is 0 Å². The van der Waals surface area contributed by atoms with Gasteiger partial charge in [0.1, 0.15) is 0 Å². The number of aromatic nitrogens is 1. The molecule has 0 radical (unpaired) electrons. The molecule has 17 heavy (non-hydrogen) atoms. The van der Waals surface area contributed by atoms with E-state index in [2.05, 4.69) is 32.1 Å². The number of aryl methyl sites for hydroxylation is 1. The van der Waals surface area contributed by atoms with Crippen LogP contribution in [0.4, 0.5) is 0 Å². The summed E-state index contributed by atoms with van der Waals surface area (Å²) in [4.78, 5) is 22.8. The lowest BCUT2D eigenvalue weighted by atomic mass is 10.2. The molecule has 0 saturated carbocycles. The first-order chi connectivity index (χ1) is 8.13. The van der Waals surface area contributed by atoms with Crippen molar-refractivity contribution in [3.8, 4) is 0 Å². The highest BCUT2D eigenvalue weighted by Gasteiger charge is 2.18. The van der Waals surface area contributed by atoms with Gasteiger partial charge in [-0.1, -0.05) is 22.6 Å². The molecular weight excluding hydrogens is 337 g/mol. The lowest BCUT2D eigenvalue weighted by molar-refractivity contribution is -0.139. The van der Waals surface area contributed by atoms with Crippen molar-refractivity contribution in [1.82, 2.24) is 4.57 Å². The maximum absolute atomic E-state index is 11.5. The zero-order valence-electron chi connectivity index (χ0n) is 9.73. The van der Waals surface area contributed by atoms with E-state index in [4.69, 9.17) is 0 Å². The van der Waals surface area contributed by atoms with Crippen molar-refractivity contribution in [3.05, 3.63) is 23.5 Å². The fourth-order valence-corrected chi connectivity index (χ4v) is 2.03. The molecule has 94 valence electrons. The Balaban J connectivity index is 3.05. The number of hydrogen-bond acceptors (Lipinski definition) is 4. The lowest BCUT2D eigenvalue weighted by Gasteiger charge is -2.08. The van der Waals surface area contributed by atoms with Gasteiger partial charge in [0, 0.05) is 22.9 Å². The van der Waals surface area contributed by atoms with Gasteiger partial charge in [0.05, 0.1) is 26.2 Å². The second-order valence-electron chi connectivity index (χ2n) is 3.30. The molecule has 1 aromatic heterocycles. The second-order valence-corrected chi connectivity index (χ2v) is 4.38. The molecular formula is C11H14INO4. The van der Waals surface area contributed by atoms with Crippen LogP contribution in [0.5, 0.6) is 0 Å². The number of esters is 2. The molecule has 0 amide bonds. The molecule has 0 aliphatic carbocycles. The van der Waals surface area contributed by atoms with Gasteiger partial charge >= 0.3 is 11.9 Å². The van der Waals surface area contributed by atoms with Gasteiger partial charge in [0.15, 0.2) is 0 Å². The first-order valence-electron chi connectivity index (χ1n) is 5.03. The van der Waals surface area contributed by atoms with Crippen LogP contribution < -0.4 is 0 Å². The summed E-state index contributed by atoms with van der Waals surface area (Å²) in [5.41, 5.74) is 1.06. The summed E-state index contributed by atoms with van der Waals surface area (Å²) in [6.07, 6.45) is 1.85. The summed E-state index contributed by atoms with van der Waals surface area (Å²) in [5, 5.41) is 0. The Morgan fingerprint density at radius 3 is 2.59 bits per heavy atom. The van der Waals surface area contributed by atoms with Crippen molar-refractivity contribution in [2.45, 2.75) is 13.0 Å². The van der Waals surface area contributed by atoms with Crippen LogP contribution in [0.15, 0.2) is 12.3 Å². The number of rotatable bonds is 5. The number of ether oxygens (including phenoxy) is 2. The monoisotopic (exact) mass is 351 g/mol. The maximum atomic E-state index is 11.5. The Hall–Kier alpha value is -1.05. The van der Waals surface area contributed by atoms with Gasteiger partial charge in [-0.3, -0.25) is 4.79 Å². The highest BCUT2D eigenvalue weighted by molar-refractivity contribution is 14.1. The van der Waals surface area contributed by atoms with Crippen molar-refractivity contribution >= 4 is 34.5 Å². The van der Waals surface area contributed by atoms with Crippen LogP contribution in [0.3, 0.4) is 0 Å².